The van der Waals surface area contributed by atoms with E-state index in [0.29, 0.717) is 11.4 Å². The molecule has 0 saturated carbocycles. The van der Waals surface area contributed by atoms with Crippen LogP contribution < -0.4 is 0 Å². The number of benzene rings is 1. The predicted octanol–water partition coefficient (Wildman–Crippen LogP) is 4.80. The van der Waals surface area contributed by atoms with Crippen LogP contribution in [0.5, 0.6) is 0 Å². The second-order valence-electron chi connectivity index (χ2n) is 6.83. The minimum absolute atomic E-state index is 0.0527. The maximum Gasteiger partial charge on any atom is 0.257 e. The monoisotopic (exact) mass is 413 g/mol. The summed E-state index contributed by atoms with van der Waals surface area (Å²) in [6.45, 7) is 1.01. The second-order valence-corrected chi connectivity index (χ2v) is 8.05. The van der Waals surface area contributed by atoms with Crippen molar-refractivity contribution >= 4 is 34.6 Å². The van der Waals surface area contributed by atoms with Gasteiger partial charge in [0.1, 0.15) is 11.8 Å². The SMILES string of the molecule is CN(CC(=O)N1N=C(c2ccc(Cl)cc2)CC1c1ccco1)Cc1ccsc1. The van der Waals surface area contributed by atoms with E-state index in [9.17, 15) is 4.79 Å². The van der Waals surface area contributed by atoms with Gasteiger partial charge in [-0.25, -0.2) is 5.01 Å². The molecule has 144 valence electrons. The first-order valence-electron chi connectivity index (χ1n) is 8.98. The molecule has 0 fully saturated rings. The highest BCUT2D eigenvalue weighted by Crippen LogP contribution is 2.33. The Morgan fingerprint density at radius 1 is 1.32 bits per heavy atom. The van der Waals surface area contributed by atoms with Crippen molar-refractivity contribution in [3.63, 3.8) is 0 Å². The topological polar surface area (TPSA) is 49.1 Å². The lowest BCUT2D eigenvalue weighted by atomic mass is 10.0. The fraction of sp³-hybridized carbons (Fsp3) is 0.238. The minimum atomic E-state index is -0.234. The zero-order valence-electron chi connectivity index (χ0n) is 15.4. The Bertz CT molecular complexity index is 952. The van der Waals surface area contributed by atoms with Crippen molar-refractivity contribution in [2.75, 3.05) is 13.6 Å². The summed E-state index contributed by atoms with van der Waals surface area (Å²) in [6, 6.07) is 13.1. The number of nitrogens with zero attached hydrogens (tertiary/aromatic N) is 3. The molecule has 1 aliphatic rings. The third-order valence-corrected chi connectivity index (χ3v) is 5.64. The van der Waals surface area contributed by atoms with Crippen LogP contribution in [0.15, 0.2) is 69.0 Å². The summed E-state index contributed by atoms with van der Waals surface area (Å²) >= 11 is 7.66. The van der Waals surface area contributed by atoms with Crippen LogP contribution in [0, 0.1) is 0 Å². The first-order valence-corrected chi connectivity index (χ1v) is 10.3. The highest BCUT2D eigenvalue weighted by molar-refractivity contribution is 7.07. The highest BCUT2D eigenvalue weighted by atomic mass is 35.5. The number of carbonyl (C=O) groups is 1. The molecule has 7 heteroatoms. The minimum Gasteiger partial charge on any atom is -0.467 e. The summed E-state index contributed by atoms with van der Waals surface area (Å²) in [5.74, 6) is 0.685. The van der Waals surface area contributed by atoms with E-state index in [1.54, 1.807) is 22.6 Å². The number of hydrogen-bond acceptors (Lipinski definition) is 5. The molecule has 1 atom stereocenters. The van der Waals surface area contributed by atoms with Gasteiger partial charge in [-0.05, 0) is 59.3 Å². The largest absolute Gasteiger partial charge is 0.467 e. The quantitative estimate of drug-likeness (QED) is 0.583. The van der Waals surface area contributed by atoms with Crippen molar-refractivity contribution in [3.8, 4) is 0 Å². The van der Waals surface area contributed by atoms with Gasteiger partial charge < -0.3 is 4.42 Å². The van der Waals surface area contributed by atoms with Crippen LogP contribution in [0.4, 0.5) is 0 Å². The van der Waals surface area contributed by atoms with Crippen molar-refractivity contribution in [3.05, 3.63) is 81.4 Å². The number of rotatable bonds is 6. The molecule has 4 rings (SSSR count). The number of halogens is 1. The lowest BCUT2D eigenvalue weighted by Crippen LogP contribution is -2.36. The van der Waals surface area contributed by atoms with Crippen molar-refractivity contribution < 1.29 is 9.21 Å². The predicted molar refractivity (Wildman–Crippen MR) is 112 cm³/mol. The molecule has 1 unspecified atom stereocenters. The van der Waals surface area contributed by atoms with E-state index < -0.39 is 0 Å². The number of hydrogen-bond donors (Lipinski definition) is 0. The Balaban J connectivity index is 1.53. The van der Waals surface area contributed by atoms with E-state index in [2.05, 4.69) is 16.5 Å². The highest BCUT2D eigenvalue weighted by Gasteiger charge is 2.35. The lowest BCUT2D eigenvalue weighted by molar-refractivity contribution is -0.134. The Hall–Kier alpha value is -2.41. The summed E-state index contributed by atoms with van der Waals surface area (Å²) in [5, 5.41) is 11.0. The Kier molecular flexibility index (Phi) is 5.62. The van der Waals surface area contributed by atoms with Crippen molar-refractivity contribution in [1.29, 1.82) is 0 Å². The molecule has 0 aliphatic carbocycles. The molecular weight excluding hydrogens is 394 g/mol. The smallest absolute Gasteiger partial charge is 0.257 e. The van der Waals surface area contributed by atoms with Crippen molar-refractivity contribution in [2.24, 2.45) is 5.10 Å². The first-order chi connectivity index (χ1) is 13.6. The average Bonchev–Trinajstić information content (AvgIpc) is 3.43. The van der Waals surface area contributed by atoms with Crippen LogP contribution in [-0.4, -0.2) is 35.1 Å². The summed E-state index contributed by atoms with van der Waals surface area (Å²) in [4.78, 5) is 15.0. The van der Waals surface area contributed by atoms with Gasteiger partial charge in [0.15, 0.2) is 0 Å². The van der Waals surface area contributed by atoms with Gasteiger partial charge in [-0.2, -0.15) is 16.4 Å². The maximum atomic E-state index is 13.0. The number of likely N-dealkylation sites (N-methyl/N-ethyl adjacent to an activating group) is 1. The van der Waals surface area contributed by atoms with Gasteiger partial charge in [0.25, 0.3) is 5.91 Å². The van der Waals surface area contributed by atoms with Crippen LogP contribution in [-0.2, 0) is 11.3 Å². The van der Waals surface area contributed by atoms with Gasteiger partial charge in [0, 0.05) is 18.0 Å². The molecule has 3 heterocycles. The summed E-state index contributed by atoms with van der Waals surface area (Å²) in [5.41, 5.74) is 3.02. The molecule has 2 aromatic heterocycles. The molecule has 0 radical (unpaired) electrons. The van der Waals surface area contributed by atoms with Crippen LogP contribution in [0.2, 0.25) is 5.02 Å². The zero-order valence-corrected chi connectivity index (χ0v) is 17.0. The molecule has 1 aromatic carbocycles. The molecule has 1 amide bonds. The van der Waals surface area contributed by atoms with Crippen molar-refractivity contribution in [2.45, 2.75) is 19.0 Å². The van der Waals surface area contributed by atoms with Crippen LogP contribution >= 0.6 is 22.9 Å². The van der Waals surface area contributed by atoms with Crippen LogP contribution in [0.1, 0.15) is 29.3 Å². The van der Waals surface area contributed by atoms with Gasteiger partial charge in [-0.1, -0.05) is 23.7 Å². The van der Waals surface area contributed by atoms with Gasteiger partial charge in [0.2, 0.25) is 0 Å². The molecule has 1 aliphatic heterocycles. The molecule has 0 N–H and O–H groups in total. The van der Waals surface area contributed by atoms with E-state index in [-0.39, 0.29) is 18.5 Å². The van der Waals surface area contributed by atoms with Crippen LogP contribution in [0.25, 0.3) is 0 Å². The molecule has 3 aromatic rings. The number of furan rings is 1. The third-order valence-electron chi connectivity index (χ3n) is 4.65. The van der Waals surface area contributed by atoms with E-state index in [0.717, 1.165) is 23.6 Å². The van der Waals surface area contributed by atoms with Crippen molar-refractivity contribution in [1.82, 2.24) is 9.91 Å². The lowest BCUT2D eigenvalue weighted by Gasteiger charge is -2.23. The van der Waals surface area contributed by atoms with Gasteiger partial charge in [-0.15, -0.1) is 0 Å². The molecular formula is C21H20ClN3O2S. The number of carbonyl (C=O) groups excluding carboxylic acids is 1. The normalized spacial score (nSPS) is 16.6. The Labute approximate surface area is 172 Å². The van der Waals surface area contributed by atoms with Crippen LogP contribution in [0.3, 0.4) is 0 Å². The molecule has 28 heavy (non-hydrogen) atoms. The Morgan fingerprint density at radius 2 is 2.14 bits per heavy atom. The molecule has 0 bridgehead atoms. The van der Waals surface area contributed by atoms with E-state index in [4.69, 9.17) is 16.0 Å². The molecule has 0 spiro atoms. The fourth-order valence-corrected chi connectivity index (χ4v) is 4.10. The zero-order chi connectivity index (χ0) is 19.5. The number of amides is 1. The molecule has 5 nitrogen and oxygen atoms in total. The standard InChI is InChI=1S/C21H20ClN3O2S/c1-24(12-15-8-10-28-14-15)13-21(26)25-19(20-3-2-9-27-20)11-18(23-25)16-4-6-17(22)7-5-16/h2-10,14,19H,11-13H2,1H3. The summed E-state index contributed by atoms with van der Waals surface area (Å²) in [6.07, 6.45) is 2.23. The average molecular weight is 414 g/mol. The van der Waals surface area contributed by atoms with Gasteiger partial charge >= 0.3 is 0 Å². The van der Waals surface area contributed by atoms with Gasteiger partial charge in [-0.3, -0.25) is 9.69 Å². The number of hydrazone groups is 1. The Morgan fingerprint density at radius 3 is 2.82 bits per heavy atom. The first kappa shape index (κ1) is 18.9. The second kappa shape index (κ2) is 8.31. The molecule has 0 saturated heterocycles. The van der Waals surface area contributed by atoms with E-state index >= 15 is 0 Å². The summed E-state index contributed by atoms with van der Waals surface area (Å²) < 4.78 is 5.59. The van der Waals surface area contributed by atoms with E-state index in [1.807, 2.05) is 53.7 Å². The number of thiophene rings is 1. The third kappa shape index (κ3) is 4.19. The van der Waals surface area contributed by atoms with E-state index in [1.165, 1.54) is 5.56 Å². The fourth-order valence-electron chi connectivity index (χ4n) is 3.31. The summed E-state index contributed by atoms with van der Waals surface area (Å²) in [7, 11) is 1.94. The van der Waals surface area contributed by atoms with Gasteiger partial charge in [0.05, 0.1) is 18.5 Å². The maximum absolute atomic E-state index is 13.0.